The first-order chi connectivity index (χ1) is 6.77. The van der Waals surface area contributed by atoms with E-state index < -0.39 is 0 Å². The first-order valence-electron chi connectivity index (χ1n) is 4.99. The highest BCUT2D eigenvalue weighted by Gasteiger charge is 2.07. The predicted octanol–water partition coefficient (Wildman–Crippen LogP) is 1.75. The van der Waals surface area contributed by atoms with E-state index >= 15 is 0 Å². The zero-order chi connectivity index (χ0) is 10.1. The summed E-state index contributed by atoms with van der Waals surface area (Å²) in [4.78, 5) is 14.5. The largest absolute Gasteiger partial charge is 0.330 e. The Kier molecular flexibility index (Phi) is 2.15. The minimum absolute atomic E-state index is 0.0425. The number of aryl methyl sites for hydroxylation is 2. The summed E-state index contributed by atoms with van der Waals surface area (Å²) >= 11 is 0. The molecular weight excluding hydrogens is 176 g/mol. The second-order valence-corrected chi connectivity index (χ2v) is 3.36. The van der Waals surface area contributed by atoms with Gasteiger partial charge in [-0.25, -0.2) is 4.79 Å². The van der Waals surface area contributed by atoms with E-state index in [0.29, 0.717) is 0 Å². The Labute approximate surface area is 82.4 Å². The molecule has 0 bridgehead atoms. The zero-order valence-corrected chi connectivity index (χ0v) is 8.50. The zero-order valence-electron chi connectivity index (χ0n) is 8.50. The molecule has 0 aromatic carbocycles. The maximum atomic E-state index is 11.6. The summed E-state index contributed by atoms with van der Waals surface area (Å²) in [5, 5.41) is 0. The van der Waals surface area contributed by atoms with Crippen molar-refractivity contribution in [2.45, 2.75) is 26.7 Å². The highest BCUT2D eigenvalue weighted by Crippen LogP contribution is 2.13. The summed E-state index contributed by atoms with van der Waals surface area (Å²) in [6, 6.07) is 3.90. The first-order valence-corrected chi connectivity index (χ1v) is 4.99. The van der Waals surface area contributed by atoms with Crippen molar-refractivity contribution in [1.29, 1.82) is 0 Å². The van der Waals surface area contributed by atoms with Crippen LogP contribution in [0.5, 0.6) is 0 Å². The van der Waals surface area contributed by atoms with Gasteiger partial charge < -0.3 is 4.98 Å². The van der Waals surface area contributed by atoms with Crippen molar-refractivity contribution in [3.63, 3.8) is 0 Å². The molecule has 1 N–H and O–H groups in total. The van der Waals surface area contributed by atoms with Gasteiger partial charge in [-0.15, -0.1) is 0 Å². The first kappa shape index (κ1) is 9.06. The molecule has 2 rings (SSSR count). The topological polar surface area (TPSA) is 37.3 Å². The molecule has 3 heteroatoms. The molecule has 0 atom stereocenters. The van der Waals surface area contributed by atoms with Gasteiger partial charge in [-0.2, -0.15) is 0 Å². The van der Waals surface area contributed by atoms with Gasteiger partial charge in [-0.05, 0) is 30.5 Å². The van der Waals surface area contributed by atoms with E-state index in [4.69, 9.17) is 0 Å². The van der Waals surface area contributed by atoms with E-state index in [1.807, 2.05) is 12.1 Å². The molecule has 0 aliphatic carbocycles. The van der Waals surface area contributed by atoms with Crippen LogP contribution in [0.3, 0.4) is 0 Å². The fourth-order valence-electron chi connectivity index (χ4n) is 1.92. The van der Waals surface area contributed by atoms with Crippen molar-refractivity contribution in [2.75, 3.05) is 0 Å². The van der Waals surface area contributed by atoms with E-state index in [0.717, 1.165) is 24.1 Å². The number of rotatable bonds is 2. The monoisotopic (exact) mass is 190 g/mol. The molecule has 2 aromatic heterocycles. The molecule has 2 aromatic rings. The van der Waals surface area contributed by atoms with Crippen LogP contribution in [0, 0.1) is 0 Å². The summed E-state index contributed by atoms with van der Waals surface area (Å²) in [5.41, 5.74) is 3.30. The quantitative estimate of drug-likeness (QED) is 0.769. The van der Waals surface area contributed by atoms with Gasteiger partial charge in [0.15, 0.2) is 0 Å². The molecule has 0 aliphatic heterocycles. The van der Waals surface area contributed by atoms with Crippen LogP contribution in [-0.4, -0.2) is 9.38 Å². The molecule has 14 heavy (non-hydrogen) atoms. The van der Waals surface area contributed by atoms with Crippen molar-refractivity contribution in [2.24, 2.45) is 0 Å². The summed E-state index contributed by atoms with van der Waals surface area (Å²) in [7, 11) is 0. The van der Waals surface area contributed by atoms with Crippen molar-refractivity contribution in [3.8, 4) is 0 Å². The molecule has 0 saturated heterocycles. The summed E-state index contributed by atoms with van der Waals surface area (Å²) < 4.78 is 1.66. The van der Waals surface area contributed by atoms with Gasteiger partial charge in [0.2, 0.25) is 0 Å². The summed E-state index contributed by atoms with van der Waals surface area (Å²) in [5.74, 6) is 0. The number of fused-ring (bicyclic) bond motifs is 1. The maximum absolute atomic E-state index is 11.6. The number of hydrogen-bond acceptors (Lipinski definition) is 1. The van der Waals surface area contributed by atoms with Gasteiger partial charge in [0, 0.05) is 11.9 Å². The van der Waals surface area contributed by atoms with E-state index in [1.54, 1.807) is 10.6 Å². The van der Waals surface area contributed by atoms with Gasteiger partial charge in [-0.1, -0.05) is 13.8 Å². The van der Waals surface area contributed by atoms with Gasteiger partial charge in [0.05, 0.1) is 5.52 Å². The fourth-order valence-corrected chi connectivity index (χ4v) is 1.92. The summed E-state index contributed by atoms with van der Waals surface area (Å²) in [6.45, 7) is 4.17. The van der Waals surface area contributed by atoms with Crippen LogP contribution in [0.1, 0.15) is 25.1 Å². The normalized spacial score (nSPS) is 11.0. The van der Waals surface area contributed by atoms with Gasteiger partial charge in [0.1, 0.15) is 0 Å². The number of nitrogens with zero attached hydrogens (tertiary/aromatic N) is 1. The van der Waals surface area contributed by atoms with Crippen LogP contribution < -0.4 is 5.69 Å². The molecule has 0 aliphatic rings. The Bertz CT molecular complexity index is 507. The van der Waals surface area contributed by atoms with Gasteiger partial charge >= 0.3 is 5.69 Å². The van der Waals surface area contributed by atoms with Crippen molar-refractivity contribution in [3.05, 3.63) is 40.1 Å². The SMILES string of the molecule is CCc1[nH]c(=O)n2cccc2c1CC. The predicted molar refractivity (Wildman–Crippen MR) is 56.8 cm³/mol. The molecule has 74 valence electrons. The Balaban J connectivity index is 2.89. The third kappa shape index (κ3) is 1.16. The van der Waals surface area contributed by atoms with Crippen LogP contribution in [-0.2, 0) is 12.8 Å². The van der Waals surface area contributed by atoms with E-state index in [2.05, 4.69) is 18.8 Å². The van der Waals surface area contributed by atoms with E-state index in [1.165, 1.54) is 5.56 Å². The number of aromatic nitrogens is 2. The molecule has 0 unspecified atom stereocenters. The third-order valence-corrected chi connectivity index (χ3v) is 2.61. The molecule has 0 fully saturated rings. The maximum Gasteiger partial charge on any atom is 0.330 e. The van der Waals surface area contributed by atoms with Crippen LogP contribution in [0.25, 0.3) is 5.52 Å². The number of nitrogens with one attached hydrogen (secondary N) is 1. The highest BCUT2D eigenvalue weighted by molar-refractivity contribution is 5.56. The minimum Gasteiger partial charge on any atom is -0.311 e. The second kappa shape index (κ2) is 3.33. The van der Waals surface area contributed by atoms with Crippen molar-refractivity contribution >= 4 is 5.52 Å². The van der Waals surface area contributed by atoms with Gasteiger partial charge in [0.25, 0.3) is 0 Å². The Hall–Kier alpha value is -1.51. The number of aromatic amines is 1. The molecule has 2 heterocycles. The molecular formula is C11H14N2O. The average Bonchev–Trinajstić information content (AvgIpc) is 2.66. The lowest BCUT2D eigenvalue weighted by Crippen LogP contribution is -2.19. The lowest BCUT2D eigenvalue weighted by atomic mass is 10.1. The van der Waals surface area contributed by atoms with E-state index in [-0.39, 0.29) is 5.69 Å². The number of hydrogen-bond donors (Lipinski definition) is 1. The lowest BCUT2D eigenvalue weighted by Gasteiger charge is -2.07. The van der Waals surface area contributed by atoms with E-state index in [9.17, 15) is 4.79 Å². The molecule has 0 spiro atoms. The second-order valence-electron chi connectivity index (χ2n) is 3.36. The molecule has 0 saturated carbocycles. The standard InChI is InChI=1S/C11H14N2O/c1-3-8-9(4-2)12-11(14)13-7-5-6-10(8)13/h5-7H,3-4H2,1-2H3,(H,12,14). The molecule has 0 amide bonds. The Morgan fingerprint density at radius 3 is 2.79 bits per heavy atom. The smallest absolute Gasteiger partial charge is 0.311 e. The number of H-pyrrole nitrogens is 1. The van der Waals surface area contributed by atoms with Crippen molar-refractivity contribution < 1.29 is 0 Å². The molecule has 3 nitrogen and oxygen atoms in total. The fraction of sp³-hybridized carbons (Fsp3) is 0.364. The lowest BCUT2D eigenvalue weighted by molar-refractivity contribution is 0.889. The minimum atomic E-state index is -0.0425. The molecule has 0 radical (unpaired) electrons. The highest BCUT2D eigenvalue weighted by atomic mass is 16.1. The van der Waals surface area contributed by atoms with Gasteiger partial charge in [-0.3, -0.25) is 4.40 Å². The van der Waals surface area contributed by atoms with Crippen LogP contribution in [0.4, 0.5) is 0 Å². The van der Waals surface area contributed by atoms with Crippen LogP contribution in [0.2, 0.25) is 0 Å². The third-order valence-electron chi connectivity index (χ3n) is 2.61. The van der Waals surface area contributed by atoms with Crippen LogP contribution in [0.15, 0.2) is 23.1 Å². The average molecular weight is 190 g/mol. The van der Waals surface area contributed by atoms with Crippen molar-refractivity contribution in [1.82, 2.24) is 9.38 Å². The Morgan fingerprint density at radius 2 is 2.14 bits per heavy atom. The van der Waals surface area contributed by atoms with Crippen LogP contribution >= 0.6 is 0 Å². The Morgan fingerprint density at radius 1 is 1.36 bits per heavy atom. The summed E-state index contributed by atoms with van der Waals surface area (Å²) in [6.07, 6.45) is 3.63.